The van der Waals surface area contributed by atoms with E-state index in [-0.39, 0.29) is 23.4 Å². The summed E-state index contributed by atoms with van der Waals surface area (Å²) >= 11 is 0. The van der Waals surface area contributed by atoms with Gasteiger partial charge < -0.3 is 10.2 Å². The summed E-state index contributed by atoms with van der Waals surface area (Å²) in [7, 11) is -4.08. The van der Waals surface area contributed by atoms with Crippen LogP contribution in [-0.2, 0) is 26.2 Å². The van der Waals surface area contributed by atoms with Crippen molar-refractivity contribution in [2.24, 2.45) is 0 Å². The van der Waals surface area contributed by atoms with Crippen LogP contribution in [0.15, 0.2) is 77.7 Å². The van der Waals surface area contributed by atoms with Crippen LogP contribution in [-0.4, -0.2) is 43.8 Å². The van der Waals surface area contributed by atoms with E-state index in [1.807, 2.05) is 71.9 Å². The minimum absolute atomic E-state index is 0.0945. The van der Waals surface area contributed by atoms with E-state index in [4.69, 9.17) is 0 Å². The van der Waals surface area contributed by atoms with Gasteiger partial charge in [-0.05, 0) is 76.4 Å². The molecule has 0 aliphatic rings. The SMILES string of the molecule is CC[C@H](C(=O)NC(C)C)N(Cc1ccc(C)cc1)C(=O)CN(c1cccc(C)c1)S(=O)(=O)c1ccc(C)cc1. The summed E-state index contributed by atoms with van der Waals surface area (Å²) in [5.74, 6) is -0.727. The first-order valence-electron chi connectivity index (χ1n) is 13.2. The minimum atomic E-state index is -4.08. The van der Waals surface area contributed by atoms with Gasteiger partial charge in [-0.15, -0.1) is 0 Å². The van der Waals surface area contributed by atoms with E-state index >= 15 is 0 Å². The highest BCUT2D eigenvalue weighted by Gasteiger charge is 2.33. The van der Waals surface area contributed by atoms with Gasteiger partial charge in [0.15, 0.2) is 0 Å². The highest BCUT2D eigenvalue weighted by atomic mass is 32.2. The zero-order valence-corrected chi connectivity index (χ0v) is 24.5. The van der Waals surface area contributed by atoms with Crippen molar-refractivity contribution < 1.29 is 18.0 Å². The third kappa shape index (κ3) is 7.69. The van der Waals surface area contributed by atoms with Gasteiger partial charge in [-0.25, -0.2) is 8.42 Å². The molecule has 8 heteroatoms. The van der Waals surface area contributed by atoms with Crippen molar-refractivity contribution in [2.75, 3.05) is 10.8 Å². The van der Waals surface area contributed by atoms with Crippen LogP contribution in [0.5, 0.6) is 0 Å². The number of hydrogen-bond donors (Lipinski definition) is 1. The van der Waals surface area contributed by atoms with E-state index in [1.165, 1.54) is 4.90 Å². The molecule has 1 atom stereocenters. The first-order chi connectivity index (χ1) is 18.4. The number of nitrogens with one attached hydrogen (secondary N) is 1. The molecule has 0 saturated carbocycles. The maximum Gasteiger partial charge on any atom is 0.264 e. The summed E-state index contributed by atoms with van der Waals surface area (Å²) in [6.07, 6.45) is 0.380. The van der Waals surface area contributed by atoms with Crippen molar-refractivity contribution >= 4 is 27.5 Å². The number of sulfonamides is 1. The molecule has 0 saturated heterocycles. The quantitative estimate of drug-likeness (QED) is 0.359. The van der Waals surface area contributed by atoms with Crippen LogP contribution >= 0.6 is 0 Å². The van der Waals surface area contributed by atoms with Crippen LogP contribution in [0.1, 0.15) is 49.4 Å². The fraction of sp³-hybridized carbons (Fsp3) is 0.355. The predicted octanol–water partition coefficient (Wildman–Crippen LogP) is 5.14. The van der Waals surface area contributed by atoms with E-state index in [1.54, 1.807) is 42.5 Å². The summed E-state index contributed by atoms with van der Waals surface area (Å²) in [5.41, 5.74) is 4.12. The Labute approximate surface area is 232 Å². The molecule has 39 heavy (non-hydrogen) atoms. The van der Waals surface area contributed by atoms with E-state index in [2.05, 4.69) is 5.32 Å². The molecule has 0 bridgehead atoms. The first kappa shape index (κ1) is 29.9. The van der Waals surface area contributed by atoms with Gasteiger partial charge in [0.05, 0.1) is 10.6 Å². The second-order valence-electron chi connectivity index (χ2n) is 10.3. The molecule has 0 aliphatic carbocycles. The number of nitrogens with zero attached hydrogens (tertiary/aromatic N) is 2. The Bertz CT molecular complexity index is 1380. The molecular formula is C31H39N3O4S. The second-order valence-corrected chi connectivity index (χ2v) is 12.1. The molecule has 0 spiro atoms. The second kappa shape index (κ2) is 12.9. The predicted molar refractivity (Wildman–Crippen MR) is 156 cm³/mol. The van der Waals surface area contributed by atoms with E-state index in [0.29, 0.717) is 12.1 Å². The third-order valence-corrected chi connectivity index (χ3v) is 8.26. The van der Waals surface area contributed by atoms with Crippen molar-refractivity contribution in [3.63, 3.8) is 0 Å². The fourth-order valence-electron chi connectivity index (χ4n) is 4.34. The number of benzene rings is 3. The standard InChI is InChI=1S/C31H39N3O4S/c1-7-29(31(36)32-22(2)3)33(20-26-15-11-23(4)12-16-26)30(35)21-34(27-10-8-9-25(6)19-27)39(37,38)28-17-13-24(5)14-18-28/h8-19,22,29H,7,20-21H2,1-6H3,(H,32,36)/t29-/m1/s1. The monoisotopic (exact) mass is 549 g/mol. The third-order valence-electron chi connectivity index (χ3n) is 6.47. The molecule has 2 amide bonds. The van der Waals surface area contributed by atoms with Gasteiger partial charge in [-0.3, -0.25) is 13.9 Å². The number of carbonyl (C=O) groups is 2. The number of rotatable bonds is 11. The van der Waals surface area contributed by atoms with Crippen LogP contribution in [0.4, 0.5) is 5.69 Å². The van der Waals surface area contributed by atoms with Crippen molar-refractivity contribution in [2.45, 2.75) is 71.5 Å². The highest BCUT2D eigenvalue weighted by molar-refractivity contribution is 7.92. The lowest BCUT2D eigenvalue weighted by molar-refractivity contribution is -0.140. The van der Waals surface area contributed by atoms with Crippen LogP contribution < -0.4 is 9.62 Å². The molecule has 0 aromatic heterocycles. The van der Waals surface area contributed by atoms with Gasteiger partial charge in [0.2, 0.25) is 11.8 Å². The van der Waals surface area contributed by atoms with Crippen molar-refractivity contribution in [1.82, 2.24) is 10.2 Å². The van der Waals surface area contributed by atoms with E-state index in [0.717, 1.165) is 26.6 Å². The maximum atomic E-state index is 14.0. The summed E-state index contributed by atoms with van der Waals surface area (Å²) in [4.78, 5) is 28.8. The Balaban J connectivity index is 2.06. The molecule has 3 aromatic carbocycles. The Hall–Kier alpha value is -3.65. The van der Waals surface area contributed by atoms with Crippen molar-refractivity contribution in [3.8, 4) is 0 Å². The summed E-state index contributed by atoms with van der Waals surface area (Å²) in [6.45, 7) is 11.0. The topological polar surface area (TPSA) is 86.8 Å². The van der Waals surface area contributed by atoms with Crippen LogP contribution in [0, 0.1) is 20.8 Å². The van der Waals surface area contributed by atoms with Gasteiger partial charge in [0, 0.05) is 12.6 Å². The molecule has 0 radical (unpaired) electrons. The molecule has 0 unspecified atom stereocenters. The lowest BCUT2D eigenvalue weighted by Gasteiger charge is -2.33. The lowest BCUT2D eigenvalue weighted by Crippen LogP contribution is -2.53. The van der Waals surface area contributed by atoms with Gasteiger partial charge in [0.1, 0.15) is 12.6 Å². The van der Waals surface area contributed by atoms with Crippen LogP contribution in [0.25, 0.3) is 0 Å². The first-order valence-corrected chi connectivity index (χ1v) is 14.7. The molecule has 3 aromatic rings. The average molecular weight is 550 g/mol. The summed E-state index contributed by atoms with van der Waals surface area (Å²) in [6, 6.07) is 20.5. The molecule has 0 aliphatic heterocycles. The Morgan fingerprint density at radius 3 is 1.97 bits per heavy atom. The van der Waals surface area contributed by atoms with E-state index in [9.17, 15) is 18.0 Å². The number of aryl methyl sites for hydroxylation is 3. The largest absolute Gasteiger partial charge is 0.352 e. The van der Waals surface area contributed by atoms with E-state index < -0.39 is 28.5 Å². The normalized spacial score (nSPS) is 12.2. The van der Waals surface area contributed by atoms with Gasteiger partial charge in [-0.2, -0.15) is 0 Å². The number of amides is 2. The summed E-state index contributed by atoms with van der Waals surface area (Å²) < 4.78 is 28.9. The van der Waals surface area contributed by atoms with Gasteiger partial charge in [0.25, 0.3) is 10.0 Å². The zero-order chi connectivity index (χ0) is 28.7. The smallest absolute Gasteiger partial charge is 0.264 e. The Morgan fingerprint density at radius 1 is 0.846 bits per heavy atom. The molecule has 208 valence electrons. The minimum Gasteiger partial charge on any atom is -0.352 e. The lowest BCUT2D eigenvalue weighted by atomic mass is 10.1. The summed E-state index contributed by atoms with van der Waals surface area (Å²) in [5, 5.41) is 2.91. The molecule has 0 heterocycles. The molecular weight excluding hydrogens is 510 g/mol. The van der Waals surface area contributed by atoms with Crippen LogP contribution in [0.2, 0.25) is 0 Å². The molecule has 0 fully saturated rings. The van der Waals surface area contributed by atoms with Gasteiger partial charge in [-0.1, -0.05) is 66.6 Å². The fourth-order valence-corrected chi connectivity index (χ4v) is 5.75. The van der Waals surface area contributed by atoms with Crippen LogP contribution in [0.3, 0.4) is 0 Å². The zero-order valence-electron chi connectivity index (χ0n) is 23.6. The maximum absolute atomic E-state index is 14.0. The number of anilines is 1. The van der Waals surface area contributed by atoms with Crippen molar-refractivity contribution in [3.05, 3.63) is 95.1 Å². The molecule has 7 nitrogen and oxygen atoms in total. The van der Waals surface area contributed by atoms with Crippen molar-refractivity contribution in [1.29, 1.82) is 0 Å². The Morgan fingerprint density at radius 2 is 1.44 bits per heavy atom. The Kier molecular flexibility index (Phi) is 9.92. The average Bonchev–Trinajstić information content (AvgIpc) is 2.88. The molecule has 3 rings (SSSR count). The molecule has 1 N–H and O–H groups in total. The number of hydrogen-bond acceptors (Lipinski definition) is 4. The van der Waals surface area contributed by atoms with Gasteiger partial charge >= 0.3 is 0 Å². The number of carbonyl (C=O) groups excluding carboxylic acids is 2. The highest BCUT2D eigenvalue weighted by Crippen LogP contribution is 2.26.